The number of aromatic nitrogens is 4. The van der Waals surface area contributed by atoms with Gasteiger partial charge in [0.25, 0.3) is 0 Å². The highest BCUT2D eigenvalue weighted by Crippen LogP contribution is 2.36. The van der Waals surface area contributed by atoms with Crippen LogP contribution in [0.5, 0.6) is 0 Å². The molecular formula is C12H7N5S. The first-order chi connectivity index (χ1) is 8.92. The lowest BCUT2D eigenvalue weighted by Gasteiger charge is -1.92. The minimum absolute atomic E-state index is 0.734. The first-order valence-corrected chi connectivity index (χ1v) is 6.24. The second-order valence-electron chi connectivity index (χ2n) is 3.84. The highest BCUT2D eigenvalue weighted by molar-refractivity contribution is 7.99. The van der Waals surface area contributed by atoms with E-state index in [-0.39, 0.29) is 0 Å². The van der Waals surface area contributed by atoms with Crippen LogP contribution in [0.3, 0.4) is 0 Å². The van der Waals surface area contributed by atoms with Crippen molar-refractivity contribution in [3.05, 3.63) is 42.2 Å². The normalized spacial score (nSPS) is 13.1. The fourth-order valence-corrected chi connectivity index (χ4v) is 2.79. The summed E-state index contributed by atoms with van der Waals surface area (Å²) in [5.74, 6) is 0. The third-order valence-corrected chi connectivity index (χ3v) is 3.71. The van der Waals surface area contributed by atoms with Gasteiger partial charge in [-0.2, -0.15) is 9.78 Å². The Kier molecular flexibility index (Phi) is 1.98. The smallest absolute Gasteiger partial charge is 0.218 e. The molecule has 0 atom stereocenters. The third kappa shape index (κ3) is 1.36. The zero-order valence-electron chi connectivity index (χ0n) is 9.19. The van der Waals surface area contributed by atoms with E-state index in [4.69, 9.17) is 0 Å². The lowest BCUT2D eigenvalue weighted by Crippen LogP contribution is -1.87. The summed E-state index contributed by atoms with van der Waals surface area (Å²) in [5, 5.41) is 13.8. The SMILES string of the molecule is C1=Nn2cnnc2Sc2nc3cccccc-3c21. The van der Waals surface area contributed by atoms with Gasteiger partial charge in [-0.05, 0) is 17.8 Å². The molecule has 6 heteroatoms. The van der Waals surface area contributed by atoms with Gasteiger partial charge in [0.1, 0.15) is 11.4 Å². The molecule has 0 amide bonds. The van der Waals surface area contributed by atoms with E-state index in [1.165, 1.54) is 11.8 Å². The molecule has 3 aliphatic rings. The Bertz CT molecular complexity index is 733. The molecular weight excluding hydrogens is 246 g/mol. The van der Waals surface area contributed by atoms with Gasteiger partial charge < -0.3 is 0 Å². The Morgan fingerprint density at radius 2 is 2.06 bits per heavy atom. The van der Waals surface area contributed by atoms with Crippen LogP contribution in [0.1, 0.15) is 5.56 Å². The van der Waals surface area contributed by atoms with Crippen molar-refractivity contribution in [1.82, 2.24) is 19.9 Å². The maximum Gasteiger partial charge on any atom is 0.218 e. The number of rotatable bonds is 0. The maximum absolute atomic E-state index is 4.62. The Labute approximate surface area is 107 Å². The van der Waals surface area contributed by atoms with Crippen LogP contribution in [-0.2, 0) is 0 Å². The van der Waals surface area contributed by atoms with Gasteiger partial charge in [-0.15, -0.1) is 10.2 Å². The molecule has 0 N–H and O–H groups in total. The van der Waals surface area contributed by atoms with Gasteiger partial charge in [0.2, 0.25) is 5.16 Å². The molecule has 0 bridgehead atoms. The van der Waals surface area contributed by atoms with Gasteiger partial charge in [-0.1, -0.05) is 24.3 Å². The molecule has 0 saturated heterocycles. The Morgan fingerprint density at radius 3 is 3.06 bits per heavy atom. The van der Waals surface area contributed by atoms with Crippen molar-refractivity contribution >= 4 is 18.0 Å². The van der Waals surface area contributed by atoms with Crippen LogP contribution in [0.4, 0.5) is 0 Å². The predicted octanol–water partition coefficient (Wildman–Crippen LogP) is 2.12. The number of fused-ring (bicyclic) bond motifs is 4. The minimum atomic E-state index is 0.734. The highest BCUT2D eigenvalue weighted by atomic mass is 32.2. The summed E-state index contributed by atoms with van der Waals surface area (Å²) in [6.45, 7) is 0. The van der Waals surface area contributed by atoms with Gasteiger partial charge in [-0.3, -0.25) is 0 Å². The van der Waals surface area contributed by atoms with Gasteiger partial charge in [0.05, 0.1) is 11.9 Å². The standard InChI is InChI=1S/C12H7N5S/c1-2-4-8-9-6-14-17-7-13-16-12(17)18-11(9)15-10(8)5-3-1/h1-7H. The number of nitrogens with zero attached hydrogens (tertiary/aromatic N) is 5. The largest absolute Gasteiger partial charge is 0.240 e. The minimum Gasteiger partial charge on any atom is -0.240 e. The molecule has 3 heterocycles. The Hall–Kier alpha value is -2.21. The highest BCUT2D eigenvalue weighted by Gasteiger charge is 2.20. The topological polar surface area (TPSA) is 56.0 Å². The molecule has 2 aliphatic heterocycles. The lowest BCUT2D eigenvalue weighted by molar-refractivity contribution is 0.769. The summed E-state index contributed by atoms with van der Waals surface area (Å²) in [7, 11) is 0. The quantitative estimate of drug-likeness (QED) is 0.481. The van der Waals surface area contributed by atoms with Gasteiger partial charge >= 0.3 is 0 Å². The summed E-state index contributed by atoms with van der Waals surface area (Å²) < 4.78 is 1.65. The second kappa shape index (κ2) is 3.64. The zero-order chi connectivity index (χ0) is 11.9. The molecule has 1 aliphatic carbocycles. The summed E-state index contributed by atoms with van der Waals surface area (Å²) in [5.41, 5.74) is 3.11. The van der Waals surface area contributed by atoms with E-state index in [1.807, 2.05) is 30.5 Å². The summed E-state index contributed by atoms with van der Waals surface area (Å²) >= 11 is 1.49. The third-order valence-electron chi connectivity index (χ3n) is 2.76. The molecule has 4 rings (SSSR count). The molecule has 18 heavy (non-hydrogen) atoms. The Morgan fingerprint density at radius 1 is 1.11 bits per heavy atom. The summed E-state index contributed by atoms with van der Waals surface area (Å²) in [6.07, 6.45) is 3.41. The van der Waals surface area contributed by atoms with Crippen molar-refractivity contribution in [2.45, 2.75) is 10.2 Å². The molecule has 1 aromatic rings. The van der Waals surface area contributed by atoms with Crippen LogP contribution in [0.2, 0.25) is 0 Å². The van der Waals surface area contributed by atoms with E-state index < -0.39 is 0 Å². The zero-order valence-corrected chi connectivity index (χ0v) is 10.0. The second-order valence-corrected chi connectivity index (χ2v) is 4.80. The molecule has 1 aromatic heterocycles. The Balaban J connectivity index is 1.99. The monoisotopic (exact) mass is 253 g/mol. The van der Waals surface area contributed by atoms with Crippen LogP contribution in [-0.4, -0.2) is 26.1 Å². The average molecular weight is 253 g/mol. The van der Waals surface area contributed by atoms with Crippen molar-refractivity contribution in [3.8, 4) is 11.3 Å². The van der Waals surface area contributed by atoms with Crippen LogP contribution < -0.4 is 0 Å². The van der Waals surface area contributed by atoms with E-state index in [1.54, 1.807) is 11.0 Å². The fourth-order valence-electron chi connectivity index (χ4n) is 1.92. The average Bonchev–Trinajstić information content (AvgIpc) is 2.80. The van der Waals surface area contributed by atoms with Crippen molar-refractivity contribution in [2.75, 3.05) is 0 Å². The molecule has 0 spiro atoms. The predicted molar refractivity (Wildman–Crippen MR) is 68.0 cm³/mol. The van der Waals surface area contributed by atoms with E-state index in [0.29, 0.717) is 0 Å². The van der Waals surface area contributed by atoms with Gasteiger partial charge in [0, 0.05) is 11.1 Å². The summed E-state index contributed by atoms with van der Waals surface area (Å²) in [4.78, 5) is 4.62. The lowest BCUT2D eigenvalue weighted by atomic mass is 10.1. The molecule has 0 radical (unpaired) electrons. The fraction of sp³-hybridized carbons (Fsp3) is 0. The molecule has 0 saturated carbocycles. The van der Waals surface area contributed by atoms with E-state index in [2.05, 4.69) is 26.3 Å². The van der Waals surface area contributed by atoms with Gasteiger partial charge in [-0.25, -0.2) is 4.98 Å². The van der Waals surface area contributed by atoms with Crippen LogP contribution in [0, 0.1) is 0 Å². The number of hydrogen-bond donors (Lipinski definition) is 0. The molecule has 0 aromatic carbocycles. The first-order valence-electron chi connectivity index (χ1n) is 5.43. The maximum atomic E-state index is 4.62. The van der Waals surface area contributed by atoms with Crippen molar-refractivity contribution in [1.29, 1.82) is 0 Å². The van der Waals surface area contributed by atoms with Crippen molar-refractivity contribution in [2.24, 2.45) is 5.10 Å². The molecule has 0 unspecified atom stereocenters. The number of hydrogen-bond acceptors (Lipinski definition) is 5. The molecule has 5 nitrogen and oxygen atoms in total. The van der Waals surface area contributed by atoms with E-state index >= 15 is 0 Å². The van der Waals surface area contributed by atoms with E-state index in [9.17, 15) is 0 Å². The molecule has 0 fully saturated rings. The molecule has 86 valence electrons. The first kappa shape index (κ1) is 9.78. The van der Waals surface area contributed by atoms with Crippen LogP contribution in [0.15, 0.2) is 51.9 Å². The van der Waals surface area contributed by atoms with Crippen LogP contribution >= 0.6 is 11.8 Å². The van der Waals surface area contributed by atoms with Crippen molar-refractivity contribution < 1.29 is 0 Å². The van der Waals surface area contributed by atoms with Crippen LogP contribution in [0.25, 0.3) is 11.3 Å². The van der Waals surface area contributed by atoms with Gasteiger partial charge in [0.15, 0.2) is 0 Å². The van der Waals surface area contributed by atoms with E-state index in [0.717, 1.165) is 27.0 Å². The summed E-state index contributed by atoms with van der Waals surface area (Å²) in [6, 6.07) is 10.0. The van der Waals surface area contributed by atoms with Crippen molar-refractivity contribution in [3.63, 3.8) is 0 Å².